The van der Waals surface area contributed by atoms with Gasteiger partial charge in [-0.15, -0.1) is 0 Å². The number of hydrogen-bond acceptors (Lipinski definition) is 2. The molecule has 4 heteroatoms. The second-order valence-corrected chi connectivity index (χ2v) is 6.45. The Balaban J connectivity index is 0. The van der Waals surface area contributed by atoms with Crippen molar-refractivity contribution in [3.63, 3.8) is 0 Å². The minimum atomic E-state index is 0.489. The maximum Gasteiger partial charge on any atom is 0.0961 e. The third-order valence-corrected chi connectivity index (χ3v) is 3.32. The largest absolute Gasteiger partial charge is 0.390 e. The van der Waals surface area contributed by atoms with Crippen LogP contribution in [0.25, 0.3) is 0 Å². The first-order chi connectivity index (χ1) is 10.4. The molecule has 0 aliphatic heterocycles. The number of nitrogens with two attached hydrogens (primary N) is 2. The van der Waals surface area contributed by atoms with Crippen molar-refractivity contribution < 1.29 is 0 Å². The van der Waals surface area contributed by atoms with Crippen LogP contribution in [0.4, 0.5) is 0 Å². The second kappa shape index (κ2) is 18.3. The van der Waals surface area contributed by atoms with E-state index in [2.05, 4.69) is 26.8 Å². The molecule has 0 aromatic carbocycles. The average molecular weight is 343 g/mol. The van der Waals surface area contributed by atoms with E-state index in [1.807, 2.05) is 12.2 Å². The zero-order valence-electron chi connectivity index (χ0n) is 14.6. The van der Waals surface area contributed by atoms with Crippen molar-refractivity contribution in [1.82, 2.24) is 0 Å². The monoisotopic (exact) mass is 342 g/mol. The van der Waals surface area contributed by atoms with E-state index in [0.717, 1.165) is 12.8 Å². The zero-order valence-corrected chi connectivity index (χ0v) is 16.2. The Kier molecular flexibility index (Phi) is 19.6. The minimum absolute atomic E-state index is 0.489. The molecule has 0 bridgehead atoms. The maximum absolute atomic E-state index is 5.32. The Bertz CT molecular complexity index is 347. The molecule has 0 aromatic rings. The van der Waals surface area contributed by atoms with Crippen LogP contribution in [0.1, 0.15) is 78.6 Å². The molecule has 0 spiro atoms. The van der Waals surface area contributed by atoms with Crippen LogP contribution in [0.3, 0.4) is 0 Å². The van der Waals surface area contributed by atoms with Crippen LogP contribution < -0.4 is 11.5 Å². The van der Waals surface area contributed by atoms with E-state index >= 15 is 0 Å². The molecule has 0 fully saturated rings. The molecule has 0 aliphatic rings. The van der Waals surface area contributed by atoms with E-state index in [9.17, 15) is 0 Å². The third-order valence-electron chi connectivity index (χ3n) is 3.07. The summed E-state index contributed by atoms with van der Waals surface area (Å²) in [6.45, 7) is 6.47. The predicted molar refractivity (Wildman–Crippen MR) is 109 cm³/mol. The smallest absolute Gasteiger partial charge is 0.0961 e. The number of thiocarbonyl (C=S) groups is 2. The molecule has 4 N–H and O–H groups in total. The van der Waals surface area contributed by atoms with Crippen molar-refractivity contribution in [2.45, 2.75) is 78.6 Å². The standard InChI is InChI=1S/C10H19NS.C8H15NS/c1-2-3-4-5-6-7-8-9-10(11)12;1-3-4-5-7(2)6-8(9)10/h8-9H,2-7H2,1H3,(H2,11,12);6H,3-5H2,1-2H3,(H2,9,10)/b9-8+;7-6+. The van der Waals surface area contributed by atoms with Gasteiger partial charge in [-0.1, -0.05) is 82.0 Å². The number of allylic oxidation sites excluding steroid dienone is 2. The Hall–Kier alpha value is -0.740. The quantitative estimate of drug-likeness (QED) is 0.291. The van der Waals surface area contributed by atoms with Crippen molar-refractivity contribution in [2.24, 2.45) is 11.5 Å². The lowest BCUT2D eigenvalue weighted by atomic mass is 10.1. The van der Waals surface area contributed by atoms with Crippen molar-refractivity contribution in [3.8, 4) is 0 Å². The van der Waals surface area contributed by atoms with E-state index in [1.54, 1.807) is 0 Å². The van der Waals surface area contributed by atoms with Gasteiger partial charge in [-0.25, -0.2) is 0 Å². The lowest BCUT2D eigenvalue weighted by molar-refractivity contribution is 0.637. The zero-order chi connectivity index (χ0) is 17.2. The summed E-state index contributed by atoms with van der Waals surface area (Å²) in [4.78, 5) is 0.983. The molecule has 128 valence electrons. The van der Waals surface area contributed by atoms with Crippen LogP contribution in [0.2, 0.25) is 0 Å². The van der Waals surface area contributed by atoms with E-state index in [0.29, 0.717) is 9.98 Å². The topological polar surface area (TPSA) is 52.0 Å². The summed E-state index contributed by atoms with van der Waals surface area (Å²) in [7, 11) is 0. The summed E-state index contributed by atoms with van der Waals surface area (Å²) in [5, 5.41) is 0. The summed E-state index contributed by atoms with van der Waals surface area (Å²) in [5.74, 6) is 0. The maximum atomic E-state index is 5.32. The van der Waals surface area contributed by atoms with Crippen LogP contribution >= 0.6 is 24.4 Å². The fraction of sp³-hybridized carbons (Fsp3) is 0.667. The molecule has 0 saturated heterocycles. The Morgan fingerprint density at radius 3 is 1.95 bits per heavy atom. The Labute approximate surface area is 148 Å². The van der Waals surface area contributed by atoms with Crippen LogP contribution in [0.5, 0.6) is 0 Å². The highest BCUT2D eigenvalue weighted by molar-refractivity contribution is 7.80. The summed E-state index contributed by atoms with van der Waals surface area (Å²) in [5.41, 5.74) is 11.9. The fourth-order valence-electron chi connectivity index (χ4n) is 1.84. The van der Waals surface area contributed by atoms with Gasteiger partial charge in [0.05, 0.1) is 9.98 Å². The summed E-state index contributed by atoms with van der Waals surface area (Å²) in [6, 6.07) is 0. The summed E-state index contributed by atoms with van der Waals surface area (Å²) < 4.78 is 0. The Morgan fingerprint density at radius 2 is 1.45 bits per heavy atom. The fourth-order valence-corrected chi connectivity index (χ4v) is 2.13. The molecule has 0 aliphatic carbocycles. The van der Waals surface area contributed by atoms with Gasteiger partial charge in [-0.3, -0.25) is 0 Å². The average Bonchev–Trinajstić information content (AvgIpc) is 2.44. The van der Waals surface area contributed by atoms with Gasteiger partial charge in [0.1, 0.15) is 0 Å². The highest BCUT2D eigenvalue weighted by Crippen LogP contribution is 2.05. The van der Waals surface area contributed by atoms with Gasteiger partial charge in [-0.2, -0.15) is 0 Å². The summed E-state index contributed by atoms with van der Waals surface area (Å²) >= 11 is 9.43. The SMILES string of the molecule is CCCC/C(C)=C/C(N)=S.CCCCCCC/C=C/C(N)=S. The van der Waals surface area contributed by atoms with Gasteiger partial charge < -0.3 is 11.5 Å². The summed E-state index contributed by atoms with van der Waals surface area (Å²) in [6.07, 6.45) is 17.0. The van der Waals surface area contributed by atoms with E-state index in [4.69, 9.17) is 35.9 Å². The predicted octanol–water partition coefficient (Wildman–Crippen LogP) is 5.60. The van der Waals surface area contributed by atoms with Gasteiger partial charge >= 0.3 is 0 Å². The first kappa shape index (κ1) is 23.5. The van der Waals surface area contributed by atoms with Crippen molar-refractivity contribution in [2.75, 3.05) is 0 Å². The molecule has 0 unspecified atom stereocenters. The molecule has 0 radical (unpaired) electrons. The van der Waals surface area contributed by atoms with Crippen LogP contribution in [-0.4, -0.2) is 9.98 Å². The first-order valence-electron chi connectivity index (χ1n) is 8.36. The van der Waals surface area contributed by atoms with E-state index in [1.165, 1.54) is 50.5 Å². The van der Waals surface area contributed by atoms with Crippen molar-refractivity contribution in [1.29, 1.82) is 0 Å². The molecular weight excluding hydrogens is 308 g/mol. The van der Waals surface area contributed by atoms with E-state index in [-0.39, 0.29) is 0 Å². The molecule has 0 rings (SSSR count). The number of hydrogen-bond donors (Lipinski definition) is 2. The number of rotatable bonds is 11. The number of unbranched alkanes of at least 4 members (excludes halogenated alkanes) is 6. The van der Waals surface area contributed by atoms with Crippen LogP contribution in [-0.2, 0) is 0 Å². The molecule has 0 amide bonds. The van der Waals surface area contributed by atoms with E-state index < -0.39 is 0 Å². The molecule has 0 aromatic heterocycles. The minimum Gasteiger partial charge on any atom is -0.390 e. The molecule has 0 atom stereocenters. The second-order valence-electron chi connectivity index (χ2n) is 5.50. The van der Waals surface area contributed by atoms with Gasteiger partial charge in [0, 0.05) is 0 Å². The highest BCUT2D eigenvalue weighted by Gasteiger charge is 1.89. The molecular formula is C18H34N2S2. The molecule has 0 saturated carbocycles. The first-order valence-corrected chi connectivity index (χ1v) is 9.18. The third kappa shape index (κ3) is 24.3. The van der Waals surface area contributed by atoms with Gasteiger partial charge in [0.25, 0.3) is 0 Å². The highest BCUT2D eigenvalue weighted by atomic mass is 32.1. The van der Waals surface area contributed by atoms with Crippen molar-refractivity contribution in [3.05, 3.63) is 23.8 Å². The lowest BCUT2D eigenvalue weighted by Gasteiger charge is -1.96. The molecule has 0 heterocycles. The Morgan fingerprint density at radius 1 is 0.864 bits per heavy atom. The molecule has 2 nitrogen and oxygen atoms in total. The van der Waals surface area contributed by atoms with Crippen LogP contribution in [0.15, 0.2) is 23.8 Å². The normalized spacial score (nSPS) is 11.1. The van der Waals surface area contributed by atoms with Gasteiger partial charge in [-0.05, 0) is 44.8 Å². The van der Waals surface area contributed by atoms with Crippen LogP contribution in [0, 0.1) is 0 Å². The van der Waals surface area contributed by atoms with Gasteiger partial charge in [0.2, 0.25) is 0 Å². The van der Waals surface area contributed by atoms with Crippen molar-refractivity contribution >= 4 is 34.4 Å². The molecule has 22 heavy (non-hydrogen) atoms. The van der Waals surface area contributed by atoms with Gasteiger partial charge in [0.15, 0.2) is 0 Å². The lowest BCUT2D eigenvalue weighted by Crippen LogP contribution is -2.03.